The van der Waals surface area contributed by atoms with Crippen molar-refractivity contribution in [2.75, 3.05) is 5.32 Å². The number of fused-ring (bicyclic) bond motifs is 2. The Balaban J connectivity index is 1.63. The molecule has 0 saturated heterocycles. The Kier molecular flexibility index (Phi) is 3.24. The maximum Gasteiger partial charge on any atom is 0.253 e. The van der Waals surface area contributed by atoms with E-state index in [1.165, 1.54) is 0 Å². The largest absolute Gasteiger partial charge is 0.366 e. The van der Waals surface area contributed by atoms with E-state index in [4.69, 9.17) is 11.6 Å². The first kappa shape index (κ1) is 13.8. The molecule has 0 bridgehead atoms. The third-order valence-electron chi connectivity index (χ3n) is 3.62. The average Bonchev–Trinajstić information content (AvgIpc) is 3.01. The fourth-order valence-corrected chi connectivity index (χ4v) is 2.64. The number of halogens is 1. The van der Waals surface area contributed by atoms with Crippen molar-refractivity contribution in [2.45, 2.75) is 6.54 Å². The highest BCUT2D eigenvalue weighted by Gasteiger charge is 2.05. The first-order valence-electron chi connectivity index (χ1n) is 7.04. The minimum absolute atomic E-state index is 0.130. The van der Waals surface area contributed by atoms with Crippen molar-refractivity contribution < 1.29 is 0 Å². The number of nitrogens with zero attached hydrogens (tertiary/aromatic N) is 2. The zero-order valence-electron chi connectivity index (χ0n) is 11.9. The van der Waals surface area contributed by atoms with Crippen LogP contribution in [-0.4, -0.2) is 19.9 Å². The molecule has 6 nitrogen and oxygen atoms in total. The number of H-pyrrole nitrogens is 2. The molecule has 23 heavy (non-hydrogen) atoms. The number of pyridine rings is 2. The highest BCUT2D eigenvalue weighted by Crippen LogP contribution is 2.18. The van der Waals surface area contributed by atoms with Crippen LogP contribution in [0.4, 0.5) is 5.82 Å². The second kappa shape index (κ2) is 5.40. The maximum atomic E-state index is 12.1. The predicted molar refractivity (Wildman–Crippen MR) is 90.8 cm³/mol. The van der Waals surface area contributed by atoms with E-state index in [9.17, 15) is 4.79 Å². The maximum absolute atomic E-state index is 12.1. The highest BCUT2D eigenvalue weighted by atomic mass is 35.5. The fourth-order valence-electron chi connectivity index (χ4n) is 2.46. The van der Waals surface area contributed by atoms with Gasteiger partial charge in [-0.15, -0.1) is 0 Å². The lowest BCUT2D eigenvalue weighted by Gasteiger charge is -2.06. The van der Waals surface area contributed by atoms with Gasteiger partial charge in [0, 0.05) is 28.0 Å². The van der Waals surface area contributed by atoms with E-state index in [0.29, 0.717) is 28.6 Å². The van der Waals surface area contributed by atoms with Gasteiger partial charge in [-0.05, 0) is 36.4 Å². The molecule has 0 spiro atoms. The van der Waals surface area contributed by atoms with Crippen molar-refractivity contribution in [3.63, 3.8) is 0 Å². The van der Waals surface area contributed by atoms with Crippen LogP contribution in [0.15, 0.2) is 47.5 Å². The Morgan fingerprint density at radius 1 is 1.17 bits per heavy atom. The molecule has 0 unspecified atom stereocenters. The number of aromatic nitrogens is 4. The fraction of sp³-hybridized carbons (Fsp3) is 0.0625. The Labute approximate surface area is 135 Å². The molecule has 0 atom stereocenters. The van der Waals surface area contributed by atoms with E-state index < -0.39 is 0 Å². The van der Waals surface area contributed by atoms with Gasteiger partial charge < -0.3 is 15.3 Å². The lowest BCUT2D eigenvalue weighted by Crippen LogP contribution is -2.16. The van der Waals surface area contributed by atoms with Gasteiger partial charge in [-0.3, -0.25) is 4.79 Å². The molecule has 114 valence electrons. The van der Waals surface area contributed by atoms with Gasteiger partial charge in [-0.1, -0.05) is 11.6 Å². The molecular formula is C16H12ClN5O. The van der Waals surface area contributed by atoms with Gasteiger partial charge in [0.15, 0.2) is 5.65 Å². The topological polar surface area (TPSA) is 86.5 Å². The number of hydrogen-bond donors (Lipinski definition) is 3. The SMILES string of the molecule is O=c1[nH]c2ccc(Cl)cc2cc1CNc1ccc2nc[nH]c2n1. The molecular weight excluding hydrogens is 314 g/mol. The van der Waals surface area contributed by atoms with Crippen LogP contribution in [0.3, 0.4) is 0 Å². The zero-order valence-corrected chi connectivity index (χ0v) is 12.7. The van der Waals surface area contributed by atoms with Crippen molar-refractivity contribution in [3.8, 4) is 0 Å². The van der Waals surface area contributed by atoms with E-state index in [1.54, 1.807) is 18.5 Å². The van der Waals surface area contributed by atoms with Gasteiger partial charge >= 0.3 is 0 Å². The van der Waals surface area contributed by atoms with Crippen molar-refractivity contribution in [3.05, 3.63) is 63.7 Å². The second-order valence-electron chi connectivity index (χ2n) is 5.18. The van der Waals surface area contributed by atoms with Crippen LogP contribution in [0.2, 0.25) is 5.02 Å². The molecule has 4 aromatic rings. The third kappa shape index (κ3) is 2.64. The van der Waals surface area contributed by atoms with Crippen LogP contribution >= 0.6 is 11.6 Å². The number of imidazole rings is 1. The van der Waals surface area contributed by atoms with E-state index in [1.807, 2.05) is 24.3 Å². The van der Waals surface area contributed by atoms with E-state index in [2.05, 4.69) is 25.3 Å². The summed E-state index contributed by atoms with van der Waals surface area (Å²) in [7, 11) is 0. The predicted octanol–water partition coefficient (Wildman–Crippen LogP) is 3.06. The molecule has 0 radical (unpaired) electrons. The first-order chi connectivity index (χ1) is 11.2. The summed E-state index contributed by atoms with van der Waals surface area (Å²) >= 11 is 6.00. The molecule has 7 heteroatoms. The van der Waals surface area contributed by atoms with Crippen LogP contribution in [0, 0.1) is 0 Å². The number of rotatable bonds is 3. The molecule has 4 rings (SSSR count). The molecule has 1 aromatic carbocycles. The summed E-state index contributed by atoms with van der Waals surface area (Å²) in [6.07, 6.45) is 1.60. The Morgan fingerprint density at radius 3 is 3.00 bits per heavy atom. The van der Waals surface area contributed by atoms with Gasteiger partial charge in [0.25, 0.3) is 5.56 Å². The van der Waals surface area contributed by atoms with Gasteiger partial charge in [0.05, 0.1) is 6.33 Å². The average molecular weight is 326 g/mol. The molecule has 3 heterocycles. The second-order valence-corrected chi connectivity index (χ2v) is 5.61. The van der Waals surface area contributed by atoms with Crippen LogP contribution in [0.5, 0.6) is 0 Å². The van der Waals surface area contributed by atoms with E-state index in [-0.39, 0.29) is 5.56 Å². The summed E-state index contributed by atoms with van der Waals surface area (Å²) in [5.74, 6) is 0.673. The summed E-state index contributed by atoms with van der Waals surface area (Å²) in [4.78, 5) is 26.5. The van der Waals surface area contributed by atoms with Crippen LogP contribution in [0.1, 0.15) is 5.56 Å². The number of nitrogens with one attached hydrogen (secondary N) is 3. The van der Waals surface area contributed by atoms with Gasteiger partial charge in [0.2, 0.25) is 0 Å². The molecule has 0 aliphatic heterocycles. The van der Waals surface area contributed by atoms with Crippen molar-refractivity contribution in [1.82, 2.24) is 19.9 Å². The normalized spacial score (nSPS) is 11.2. The smallest absolute Gasteiger partial charge is 0.253 e. The Morgan fingerprint density at radius 2 is 2.09 bits per heavy atom. The molecule has 0 aliphatic carbocycles. The summed E-state index contributed by atoms with van der Waals surface area (Å²) in [6, 6.07) is 10.9. The number of aromatic amines is 2. The summed E-state index contributed by atoms with van der Waals surface area (Å²) < 4.78 is 0. The lowest BCUT2D eigenvalue weighted by molar-refractivity contribution is 1.07. The summed E-state index contributed by atoms with van der Waals surface area (Å²) in [6.45, 7) is 0.366. The molecule has 0 fully saturated rings. The molecule has 0 saturated carbocycles. The minimum atomic E-state index is -0.130. The molecule has 3 aromatic heterocycles. The Bertz CT molecular complexity index is 1070. The third-order valence-corrected chi connectivity index (χ3v) is 3.86. The number of anilines is 1. The minimum Gasteiger partial charge on any atom is -0.366 e. The van der Waals surface area contributed by atoms with E-state index in [0.717, 1.165) is 16.4 Å². The highest BCUT2D eigenvalue weighted by molar-refractivity contribution is 6.31. The van der Waals surface area contributed by atoms with Gasteiger partial charge in [-0.25, -0.2) is 9.97 Å². The van der Waals surface area contributed by atoms with Gasteiger partial charge in [0.1, 0.15) is 11.3 Å². The quantitative estimate of drug-likeness (QED) is 0.540. The number of hydrogen-bond acceptors (Lipinski definition) is 4. The Hall–Kier alpha value is -2.86. The molecule has 3 N–H and O–H groups in total. The monoisotopic (exact) mass is 325 g/mol. The zero-order chi connectivity index (χ0) is 15.8. The standard InChI is InChI=1S/C16H12ClN5O/c17-11-1-2-12-9(6-11)5-10(16(23)21-12)7-18-14-4-3-13-15(22-14)20-8-19-13/h1-6,8H,7H2,(H,21,23)(H2,18,19,20,22). The first-order valence-corrected chi connectivity index (χ1v) is 7.42. The summed E-state index contributed by atoms with van der Waals surface area (Å²) in [5, 5.41) is 4.68. The van der Waals surface area contributed by atoms with Crippen LogP contribution in [0.25, 0.3) is 22.1 Å². The molecule has 0 amide bonds. The van der Waals surface area contributed by atoms with E-state index >= 15 is 0 Å². The van der Waals surface area contributed by atoms with Crippen molar-refractivity contribution in [2.24, 2.45) is 0 Å². The number of benzene rings is 1. The van der Waals surface area contributed by atoms with Gasteiger partial charge in [-0.2, -0.15) is 0 Å². The molecule has 0 aliphatic rings. The van der Waals surface area contributed by atoms with Crippen molar-refractivity contribution >= 4 is 39.5 Å². The van der Waals surface area contributed by atoms with Crippen LogP contribution in [-0.2, 0) is 6.54 Å². The summed E-state index contributed by atoms with van der Waals surface area (Å²) in [5.41, 5.74) is 2.75. The lowest BCUT2D eigenvalue weighted by atomic mass is 10.1. The van der Waals surface area contributed by atoms with Crippen molar-refractivity contribution in [1.29, 1.82) is 0 Å². The van der Waals surface area contributed by atoms with Crippen LogP contribution < -0.4 is 10.9 Å².